The first-order valence-electron chi connectivity index (χ1n) is 6.48. The molecule has 2 rings (SSSR count). The van der Waals surface area contributed by atoms with Gasteiger partial charge in [-0.3, -0.25) is 4.79 Å². The lowest BCUT2D eigenvalue weighted by molar-refractivity contribution is 0.0747. The lowest BCUT2D eigenvalue weighted by Gasteiger charge is -2.22. The minimum Gasteiger partial charge on any atom is -0.334 e. The second kappa shape index (κ2) is 9.20. The summed E-state index contributed by atoms with van der Waals surface area (Å²) in [4.78, 5) is 15.2. The first-order chi connectivity index (χ1) is 9.70. The third-order valence-corrected chi connectivity index (χ3v) is 4.59. The van der Waals surface area contributed by atoms with Crippen molar-refractivity contribution in [1.82, 2.24) is 4.90 Å². The van der Waals surface area contributed by atoms with Crippen LogP contribution in [0, 0.1) is 0 Å². The molecule has 2 aromatic rings. The van der Waals surface area contributed by atoms with E-state index >= 15 is 0 Å². The number of nitrogens with zero attached hydrogens (tertiary/aromatic N) is 1. The molecule has 3 nitrogen and oxygen atoms in total. The summed E-state index contributed by atoms with van der Waals surface area (Å²) in [6.45, 7) is 1.89. The van der Waals surface area contributed by atoms with Crippen molar-refractivity contribution in [3.8, 4) is 0 Å². The molecule has 1 aromatic heterocycles. The molecular formula is C15H18BrClN2OS. The van der Waals surface area contributed by atoms with Gasteiger partial charge in [-0.05, 0) is 40.5 Å². The summed E-state index contributed by atoms with van der Waals surface area (Å²) < 4.78 is 0.948. The van der Waals surface area contributed by atoms with Crippen molar-refractivity contribution in [3.05, 3.63) is 56.7 Å². The molecule has 1 amide bonds. The molecule has 0 aliphatic rings. The van der Waals surface area contributed by atoms with Crippen LogP contribution in [0.4, 0.5) is 0 Å². The number of carbonyl (C=O) groups excluding carboxylic acids is 1. The minimum absolute atomic E-state index is 0. The number of benzene rings is 1. The predicted molar refractivity (Wildman–Crippen MR) is 94.1 cm³/mol. The topological polar surface area (TPSA) is 46.3 Å². The van der Waals surface area contributed by atoms with Gasteiger partial charge >= 0.3 is 0 Å². The number of halogens is 2. The number of nitrogens with two attached hydrogens (primary N) is 1. The highest BCUT2D eigenvalue weighted by Crippen LogP contribution is 2.22. The predicted octanol–water partition coefficient (Wildman–Crippen LogP) is 3.92. The van der Waals surface area contributed by atoms with Crippen molar-refractivity contribution in [2.24, 2.45) is 5.73 Å². The Morgan fingerprint density at radius 3 is 2.57 bits per heavy atom. The molecule has 0 spiro atoms. The van der Waals surface area contributed by atoms with Gasteiger partial charge in [-0.15, -0.1) is 23.7 Å². The van der Waals surface area contributed by atoms with Gasteiger partial charge in [0.05, 0.1) is 4.88 Å². The molecule has 0 fully saturated rings. The maximum atomic E-state index is 12.5. The normalized spacial score (nSPS) is 10.0. The number of hydrogen-bond donors (Lipinski definition) is 1. The van der Waals surface area contributed by atoms with E-state index in [-0.39, 0.29) is 18.3 Å². The van der Waals surface area contributed by atoms with Gasteiger partial charge in [-0.1, -0.05) is 30.3 Å². The average molecular weight is 390 g/mol. The van der Waals surface area contributed by atoms with Crippen molar-refractivity contribution in [2.75, 3.05) is 13.1 Å². The molecule has 0 unspecified atom stereocenters. The molecule has 0 radical (unpaired) electrons. The standard InChI is InChI=1S/C15H17BrN2OS.ClH/c16-13-9-14(20-11-13)15(19)18(8-4-7-17)10-12-5-2-1-3-6-12;/h1-3,5-6,9,11H,4,7-8,10,17H2;1H. The van der Waals surface area contributed by atoms with Crippen LogP contribution in [-0.4, -0.2) is 23.9 Å². The summed E-state index contributed by atoms with van der Waals surface area (Å²) >= 11 is 4.85. The minimum atomic E-state index is 0. The van der Waals surface area contributed by atoms with E-state index in [0.717, 1.165) is 21.3 Å². The Kier molecular flexibility index (Phi) is 7.96. The third kappa shape index (κ3) is 5.43. The van der Waals surface area contributed by atoms with Crippen LogP contribution in [0.15, 0.2) is 46.3 Å². The van der Waals surface area contributed by atoms with Gasteiger partial charge in [0.2, 0.25) is 0 Å². The van der Waals surface area contributed by atoms with E-state index in [2.05, 4.69) is 15.9 Å². The van der Waals surface area contributed by atoms with E-state index in [0.29, 0.717) is 19.6 Å². The molecule has 21 heavy (non-hydrogen) atoms. The van der Waals surface area contributed by atoms with Gasteiger partial charge in [0.1, 0.15) is 0 Å². The number of rotatable bonds is 6. The van der Waals surface area contributed by atoms with Crippen LogP contribution in [-0.2, 0) is 6.54 Å². The van der Waals surface area contributed by atoms with Gasteiger partial charge in [-0.25, -0.2) is 0 Å². The zero-order chi connectivity index (χ0) is 14.4. The van der Waals surface area contributed by atoms with Crippen molar-refractivity contribution >= 4 is 45.6 Å². The number of amides is 1. The molecule has 1 aromatic carbocycles. The number of thiophene rings is 1. The Balaban J connectivity index is 0.00000220. The van der Waals surface area contributed by atoms with Crippen molar-refractivity contribution in [1.29, 1.82) is 0 Å². The fourth-order valence-electron chi connectivity index (χ4n) is 1.92. The Hall–Kier alpha value is -0.880. The molecule has 0 saturated heterocycles. The molecule has 0 aliphatic heterocycles. The SMILES string of the molecule is Cl.NCCCN(Cc1ccccc1)C(=O)c1cc(Br)cs1. The molecule has 0 bridgehead atoms. The highest BCUT2D eigenvalue weighted by molar-refractivity contribution is 9.10. The van der Waals surface area contributed by atoms with Crippen molar-refractivity contribution in [3.63, 3.8) is 0 Å². The van der Waals surface area contributed by atoms with E-state index in [1.165, 1.54) is 11.3 Å². The largest absolute Gasteiger partial charge is 0.334 e. The van der Waals surface area contributed by atoms with Gasteiger partial charge in [0.15, 0.2) is 0 Å². The van der Waals surface area contributed by atoms with E-state index in [4.69, 9.17) is 5.73 Å². The average Bonchev–Trinajstić information content (AvgIpc) is 2.90. The molecule has 1 heterocycles. The second-order valence-corrected chi connectivity index (χ2v) is 6.31. The van der Waals surface area contributed by atoms with E-state index in [9.17, 15) is 4.79 Å². The molecule has 0 atom stereocenters. The Labute approximate surface area is 143 Å². The van der Waals surface area contributed by atoms with E-state index in [1.807, 2.05) is 46.7 Å². The molecule has 6 heteroatoms. The van der Waals surface area contributed by atoms with Crippen LogP contribution in [0.3, 0.4) is 0 Å². The van der Waals surface area contributed by atoms with Crippen LogP contribution >= 0.6 is 39.7 Å². The Morgan fingerprint density at radius 2 is 2.00 bits per heavy atom. The van der Waals surface area contributed by atoms with Crippen molar-refractivity contribution < 1.29 is 4.79 Å². The second-order valence-electron chi connectivity index (χ2n) is 4.48. The van der Waals surface area contributed by atoms with Gasteiger partial charge in [-0.2, -0.15) is 0 Å². The molecule has 0 aliphatic carbocycles. The fraction of sp³-hybridized carbons (Fsp3) is 0.267. The fourth-order valence-corrected chi connectivity index (χ4v) is 3.31. The van der Waals surface area contributed by atoms with Crippen LogP contribution in [0.5, 0.6) is 0 Å². The van der Waals surface area contributed by atoms with E-state index < -0.39 is 0 Å². The zero-order valence-electron chi connectivity index (χ0n) is 11.5. The highest BCUT2D eigenvalue weighted by atomic mass is 79.9. The Bertz CT molecular complexity index is 562. The zero-order valence-corrected chi connectivity index (χ0v) is 14.7. The quantitative estimate of drug-likeness (QED) is 0.814. The van der Waals surface area contributed by atoms with Gasteiger partial charge in [0, 0.05) is 22.9 Å². The lowest BCUT2D eigenvalue weighted by Crippen LogP contribution is -2.32. The molecular weight excluding hydrogens is 372 g/mol. The lowest BCUT2D eigenvalue weighted by atomic mass is 10.2. The summed E-state index contributed by atoms with van der Waals surface area (Å²) in [5.74, 6) is 0.0676. The third-order valence-electron chi connectivity index (χ3n) is 2.91. The maximum Gasteiger partial charge on any atom is 0.264 e. The summed E-state index contributed by atoms with van der Waals surface area (Å²) in [7, 11) is 0. The first kappa shape index (κ1) is 18.2. The van der Waals surface area contributed by atoms with Gasteiger partial charge < -0.3 is 10.6 Å². The Morgan fingerprint density at radius 1 is 1.29 bits per heavy atom. The molecule has 2 N–H and O–H groups in total. The van der Waals surface area contributed by atoms with Crippen molar-refractivity contribution in [2.45, 2.75) is 13.0 Å². The van der Waals surface area contributed by atoms with Crippen LogP contribution in [0.2, 0.25) is 0 Å². The van der Waals surface area contributed by atoms with Gasteiger partial charge in [0.25, 0.3) is 5.91 Å². The summed E-state index contributed by atoms with van der Waals surface area (Å²) in [5.41, 5.74) is 6.70. The molecule has 114 valence electrons. The number of carbonyl (C=O) groups is 1. The van der Waals surface area contributed by atoms with Crippen LogP contribution in [0.25, 0.3) is 0 Å². The summed E-state index contributed by atoms with van der Waals surface area (Å²) in [6.07, 6.45) is 0.811. The monoisotopic (exact) mass is 388 g/mol. The molecule has 0 saturated carbocycles. The van der Waals surface area contributed by atoms with Crippen LogP contribution < -0.4 is 5.73 Å². The van der Waals surface area contributed by atoms with E-state index in [1.54, 1.807) is 0 Å². The first-order valence-corrected chi connectivity index (χ1v) is 8.15. The highest BCUT2D eigenvalue weighted by Gasteiger charge is 2.17. The smallest absolute Gasteiger partial charge is 0.264 e. The summed E-state index contributed by atoms with van der Waals surface area (Å²) in [6, 6.07) is 11.9. The maximum absolute atomic E-state index is 12.5. The van der Waals surface area contributed by atoms with Crippen LogP contribution in [0.1, 0.15) is 21.7 Å². The number of hydrogen-bond acceptors (Lipinski definition) is 3. The summed E-state index contributed by atoms with van der Waals surface area (Å²) in [5, 5.41) is 1.93.